The molecule has 0 aliphatic rings. The first-order chi connectivity index (χ1) is 13.4. The van der Waals surface area contributed by atoms with Gasteiger partial charge in [-0.1, -0.05) is 18.2 Å². The molecule has 5 N–H and O–H groups in total. The van der Waals surface area contributed by atoms with E-state index in [2.05, 4.69) is 20.9 Å². The van der Waals surface area contributed by atoms with Gasteiger partial charge in [-0.25, -0.2) is 9.78 Å². The third-order valence-corrected chi connectivity index (χ3v) is 3.77. The molecule has 0 spiro atoms. The van der Waals surface area contributed by atoms with Gasteiger partial charge in [0.25, 0.3) is 5.91 Å². The van der Waals surface area contributed by atoms with Crippen molar-refractivity contribution in [3.8, 4) is 5.75 Å². The van der Waals surface area contributed by atoms with Crippen LogP contribution in [-0.4, -0.2) is 39.6 Å². The molecule has 0 bridgehead atoms. The van der Waals surface area contributed by atoms with E-state index in [1.807, 2.05) is 6.07 Å². The number of amides is 3. The Labute approximate surface area is 159 Å². The molecule has 0 radical (unpaired) electrons. The van der Waals surface area contributed by atoms with E-state index in [0.717, 1.165) is 0 Å². The van der Waals surface area contributed by atoms with Crippen LogP contribution in [0.1, 0.15) is 10.5 Å². The number of carbonyl (C=O) groups is 3. The number of carbonyl (C=O) groups excluding carboxylic acids is 2. The average Bonchev–Trinajstić information content (AvgIpc) is 2.67. The van der Waals surface area contributed by atoms with E-state index >= 15 is 0 Å². The van der Waals surface area contributed by atoms with Gasteiger partial charge in [0.2, 0.25) is 0 Å². The van der Waals surface area contributed by atoms with E-state index < -0.39 is 24.5 Å². The third-order valence-electron chi connectivity index (χ3n) is 3.77. The van der Waals surface area contributed by atoms with Crippen molar-refractivity contribution in [2.45, 2.75) is 0 Å². The SMILES string of the molecule is O=C(O)CNC(=O)c1ncc2cc(NC(=O)Nc3ccccc3)ccc2c1O. The van der Waals surface area contributed by atoms with Crippen molar-refractivity contribution in [2.75, 3.05) is 17.2 Å². The molecule has 142 valence electrons. The highest BCUT2D eigenvalue weighted by molar-refractivity contribution is 6.04. The summed E-state index contributed by atoms with van der Waals surface area (Å²) in [7, 11) is 0. The first-order valence-electron chi connectivity index (χ1n) is 8.19. The number of carboxylic acids is 1. The van der Waals surface area contributed by atoms with Crippen LogP contribution in [0.3, 0.4) is 0 Å². The lowest BCUT2D eigenvalue weighted by atomic mass is 10.1. The van der Waals surface area contributed by atoms with Crippen molar-refractivity contribution in [3.63, 3.8) is 0 Å². The number of rotatable bonds is 5. The Hall–Kier alpha value is -4.14. The standard InChI is InChI=1S/C19H16N4O5/c24-15(25)10-21-18(27)16-17(26)14-7-6-13(8-11(14)9-20-16)23-19(28)22-12-4-2-1-3-5-12/h1-9,26H,10H2,(H,21,27)(H,24,25)(H2,22,23,28). The number of benzene rings is 2. The molecule has 0 aliphatic heterocycles. The fourth-order valence-electron chi connectivity index (χ4n) is 2.51. The molecule has 9 heteroatoms. The molecule has 0 fully saturated rings. The summed E-state index contributed by atoms with van der Waals surface area (Å²) in [4.78, 5) is 38.4. The van der Waals surface area contributed by atoms with E-state index in [1.165, 1.54) is 12.3 Å². The molecule has 0 atom stereocenters. The summed E-state index contributed by atoms with van der Waals surface area (Å²) in [5, 5.41) is 27.2. The van der Waals surface area contributed by atoms with Crippen molar-refractivity contribution in [3.05, 3.63) is 60.4 Å². The maximum Gasteiger partial charge on any atom is 0.323 e. The Balaban J connectivity index is 1.77. The minimum Gasteiger partial charge on any atom is -0.505 e. The molecular weight excluding hydrogens is 364 g/mol. The van der Waals surface area contributed by atoms with Gasteiger partial charge in [-0.2, -0.15) is 0 Å². The topological polar surface area (TPSA) is 141 Å². The molecule has 0 saturated carbocycles. The van der Waals surface area contributed by atoms with Crippen molar-refractivity contribution >= 4 is 40.1 Å². The van der Waals surface area contributed by atoms with Crippen molar-refractivity contribution < 1.29 is 24.6 Å². The van der Waals surface area contributed by atoms with Gasteiger partial charge in [0, 0.05) is 28.3 Å². The number of pyridine rings is 1. The van der Waals surface area contributed by atoms with Crippen LogP contribution >= 0.6 is 0 Å². The van der Waals surface area contributed by atoms with Crippen LogP contribution in [-0.2, 0) is 4.79 Å². The quantitative estimate of drug-likeness (QED) is 0.460. The monoisotopic (exact) mass is 380 g/mol. The minimum atomic E-state index is -1.21. The van der Waals surface area contributed by atoms with E-state index in [9.17, 15) is 19.5 Å². The number of hydrogen-bond acceptors (Lipinski definition) is 5. The average molecular weight is 380 g/mol. The zero-order valence-corrected chi connectivity index (χ0v) is 14.5. The zero-order valence-electron chi connectivity index (χ0n) is 14.5. The number of fused-ring (bicyclic) bond motifs is 1. The van der Waals surface area contributed by atoms with Crippen LogP contribution in [0.15, 0.2) is 54.7 Å². The van der Waals surface area contributed by atoms with Crippen LogP contribution in [0.4, 0.5) is 16.2 Å². The number of carboxylic acid groups (broad SMARTS) is 1. The largest absolute Gasteiger partial charge is 0.505 e. The smallest absolute Gasteiger partial charge is 0.323 e. The second-order valence-electron chi connectivity index (χ2n) is 5.78. The number of para-hydroxylation sites is 1. The number of aromatic hydroxyl groups is 1. The second-order valence-corrected chi connectivity index (χ2v) is 5.78. The molecule has 3 amide bonds. The highest BCUT2D eigenvalue weighted by atomic mass is 16.4. The Bertz CT molecular complexity index is 1050. The van der Waals surface area contributed by atoms with Gasteiger partial charge in [-0.05, 0) is 30.3 Å². The van der Waals surface area contributed by atoms with Gasteiger partial charge in [0.05, 0.1) is 0 Å². The van der Waals surface area contributed by atoms with Gasteiger partial charge in [0.1, 0.15) is 6.54 Å². The van der Waals surface area contributed by atoms with Crippen molar-refractivity contribution in [1.29, 1.82) is 0 Å². The van der Waals surface area contributed by atoms with E-state index in [4.69, 9.17) is 5.11 Å². The Morgan fingerprint density at radius 3 is 2.39 bits per heavy atom. The Morgan fingerprint density at radius 2 is 1.68 bits per heavy atom. The first kappa shape index (κ1) is 18.6. The summed E-state index contributed by atoms with van der Waals surface area (Å²) in [5.41, 5.74) is 0.818. The number of aliphatic carboxylic acids is 1. The van der Waals surface area contributed by atoms with Crippen molar-refractivity contribution in [2.24, 2.45) is 0 Å². The summed E-state index contributed by atoms with van der Waals surface area (Å²) < 4.78 is 0. The van der Waals surface area contributed by atoms with Gasteiger partial charge in [0.15, 0.2) is 11.4 Å². The van der Waals surface area contributed by atoms with Gasteiger partial charge in [-0.15, -0.1) is 0 Å². The third kappa shape index (κ3) is 4.33. The highest BCUT2D eigenvalue weighted by Gasteiger charge is 2.16. The Kier molecular flexibility index (Phi) is 5.35. The van der Waals surface area contributed by atoms with E-state index in [0.29, 0.717) is 22.1 Å². The number of aromatic nitrogens is 1. The zero-order chi connectivity index (χ0) is 20.1. The predicted molar refractivity (Wildman–Crippen MR) is 102 cm³/mol. The number of nitrogens with one attached hydrogen (secondary N) is 3. The lowest BCUT2D eigenvalue weighted by molar-refractivity contribution is -0.135. The molecule has 1 aromatic heterocycles. The van der Waals surface area contributed by atoms with E-state index in [-0.39, 0.29) is 11.4 Å². The molecule has 3 rings (SSSR count). The highest BCUT2D eigenvalue weighted by Crippen LogP contribution is 2.29. The molecule has 0 saturated heterocycles. The van der Waals surface area contributed by atoms with Crippen LogP contribution in [0.2, 0.25) is 0 Å². The predicted octanol–water partition coefficient (Wildman–Crippen LogP) is 2.40. The normalized spacial score (nSPS) is 10.3. The second kappa shape index (κ2) is 8.04. The molecule has 2 aromatic carbocycles. The number of urea groups is 1. The first-order valence-corrected chi connectivity index (χ1v) is 8.19. The molecule has 9 nitrogen and oxygen atoms in total. The fourth-order valence-corrected chi connectivity index (χ4v) is 2.51. The molecule has 28 heavy (non-hydrogen) atoms. The lowest BCUT2D eigenvalue weighted by Crippen LogP contribution is -2.29. The summed E-state index contributed by atoms with van der Waals surface area (Å²) in [6.07, 6.45) is 1.35. The van der Waals surface area contributed by atoms with Crippen molar-refractivity contribution in [1.82, 2.24) is 10.3 Å². The van der Waals surface area contributed by atoms with Gasteiger partial charge < -0.3 is 26.2 Å². The lowest BCUT2D eigenvalue weighted by Gasteiger charge is -2.10. The molecular formula is C19H16N4O5. The summed E-state index contributed by atoms with van der Waals surface area (Å²) in [6.45, 7) is -0.586. The number of nitrogens with zero attached hydrogens (tertiary/aromatic N) is 1. The summed E-state index contributed by atoms with van der Waals surface area (Å²) >= 11 is 0. The summed E-state index contributed by atoms with van der Waals surface area (Å²) in [5.74, 6) is -2.38. The van der Waals surface area contributed by atoms with Gasteiger partial charge >= 0.3 is 12.0 Å². The molecule has 1 heterocycles. The van der Waals surface area contributed by atoms with Crippen LogP contribution < -0.4 is 16.0 Å². The number of hydrogen-bond donors (Lipinski definition) is 5. The minimum absolute atomic E-state index is 0.281. The maximum absolute atomic E-state index is 12.1. The molecule has 0 aliphatic carbocycles. The van der Waals surface area contributed by atoms with Crippen LogP contribution in [0.25, 0.3) is 10.8 Å². The molecule has 0 unspecified atom stereocenters. The molecule has 3 aromatic rings. The summed E-state index contributed by atoms with van der Waals surface area (Å²) in [6, 6.07) is 13.2. The van der Waals surface area contributed by atoms with E-state index in [1.54, 1.807) is 36.4 Å². The van der Waals surface area contributed by atoms with Crippen LogP contribution in [0.5, 0.6) is 5.75 Å². The van der Waals surface area contributed by atoms with Gasteiger partial charge in [-0.3, -0.25) is 9.59 Å². The number of anilines is 2. The maximum atomic E-state index is 12.1. The van der Waals surface area contributed by atoms with Crippen LogP contribution in [0, 0.1) is 0 Å². The fraction of sp³-hybridized carbons (Fsp3) is 0.0526. The Morgan fingerprint density at radius 1 is 0.964 bits per heavy atom.